The number of anilines is 2. The van der Waals surface area contributed by atoms with Gasteiger partial charge in [0.2, 0.25) is 11.8 Å². The second-order valence-corrected chi connectivity index (χ2v) is 11.3. The van der Waals surface area contributed by atoms with Crippen molar-refractivity contribution < 1.29 is 19.7 Å². The molecule has 0 saturated heterocycles. The van der Waals surface area contributed by atoms with Crippen LogP contribution in [-0.4, -0.2) is 37.2 Å². The fourth-order valence-corrected chi connectivity index (χ4v) is 5.86. The number of hydrogen-bond acceptors (Lipinski definition) is 8. The number of rotatable bonds is 7. The molecule has 8 nitrogen and oxygen atoms in total. The molecule has 0 bridgehead atoms. The Bertz CT molecular complexity index is 1230. The zero-order valence-electron chi connectivity index (χ0n) is 20.7. The number of aromatic nitrogens is 3. The molecule has 9 heteroatoms. The molecule has 0 radical (unpaired) electrons. The highest BCUT2D eigenvalue weighted by Gasteiger charge is 2.49. The summed E-state index contributed by atoms with van der Waals surface area (Å²) in [7, 11) is 0. The average molecular weight is 497 g/mol. The molecular weight excluding hydrogens is 464 g/mol. The van der Waals surface area contributed by atoms with Gasteiger partial charge in [-0.3, -0.25) is 4.79 Å². The predicted molar refractivity (Wildman–Crippen MR) is 136 cm³/mol. The molecule has 1 saturated carbocycles. The van der Waals surface area contributed by atoms with E-state index in [-0.39, 0.29) is 6.10 Å². The van der Waals surface area contributed by atoms with Crippen LogP contribution in [0, 0.1) is 18.3 Å². The molecule has 2 aromatic heterocycles. The highest BCUT2D eigenvalue weighted by molar-refractivity contribution is 7.15. The Morgan fingerprint density at radius 2 is 2.03 bits per heavy atom. The average Bonchev–Trinajstić information content (AvgIpc) is 3.23. The van der Waals surface area contributed by atoms with Crippen molar-refractivity contribution in [2.75, 3.05) is 5.32 Å². The topological polar surface area (TPSA) is 117 Å². The maximum Gasteiger partial charge on any atom is 0.307 e. The van der Waals surface area contributed by atoms with Gasteiger partial charge in [0, 0.05) is 24.1 Å². The second kappa shape index (κ2) is 9.54. The maximum absolute atomic E-state index is 11.7. The summed E-state index contributed by atoms with van der Waals surface area (Å²) < 4.78 is 5.66. The monoisotopic (exact) mass is 496 g/mol. The molecule has 3 aromatic rings. The van der Waals surface area contributed by atoms with E-state index in [1.165, 1.54) is 11.3 Å². The highest BCUT2D eigenvalue weighted by Crippen LogP contribution is 2.50. The number of carbonyl (C=O) groups is 1. The van der Waals surface area contributed by atoms with Gasteiger partial charge >= 0.3 is 5.97 Å². The number of aliphatic carboxylic acids is 1. The first-order valence-electron chi connectivity index (χ1n) is 11.8. The lowest BCUT2D eigenvalue weighted by molar-refractivity contribution is -0.154. The molecule has 1 aliphatic carbocycles. The molecule has 4 rings (SSSR count). The van der Waals surface area contributed by atoms with Crippen LogP contribution in [0.15, 0.2) is 36.7 Å². The summed E-state index contributed by atoms with van der Waals surface area (Å²) in [4.78, 5) is 25.9. The van der Waals surface area contributed by atoms with Gasteiger partial charge in [-0.25, -0.2) is 9.97 Å². The molecule has 0 amide bonds. The largest absolute Gasteiger partial charge is 0.481 e. The number of carboxylic acids is 1. The van der Waals surface area contributed by atoms with Gasteiger partial charge in [-0.1, -0.05) is 19.9 Å². The fraction of sp³-hybridized carbons (Fsp3) is 0.462. The Kier molecular flexibility index (Phi) is 6.83. The number of carboxylic acid groups (broad SMARTS) is 1. The van der Waals surface area contributed by atoms with Crippen molar-refractivity contribution in [3.8, 4) is 16.3 Å². The second-order valence-electron chi connectivity index (χ2n) is 10.3. The molecule has 186 valence electrons. The Morgan fingerprint density at radius 1 is 1.26 bits per heavy atom. The van der Waals surface area contributed by atoms with Crippen molar-refractivity contribution in [3.05, 3.63) is 47.2 Å². The maximum atomic E-state index is 11.7. The Morgan fingerprint density at radius 3 is 2.71 bits per heavy atom. The summed E-state index contributed by atoms with van der Waals surface area (Å²) in [5, 5.41) is 24.9. The van der Waals surface area contributed by atoms with Crippen molar-refractivity contribution in [2.24, 2.45) is 11.3 Å². The first kappa shape index (κ1) is 25.1. The van der Waals surface area contributed by atoms with Crippen LogP contribution in [-0.2, 0) is 10.4 Å². The van der Waals surface area contributed by atoms with Gasteiger partial charge in [-0.15, -0.1) is 11.3 Å². The van der Waals surface area contributed by atoms with Crippen molar-refractivity contribution in [3.63, 3.8) is 0 Å². The van der Waals surface area contributed by atoms with E-state index in [2.05, 4.69) is 26.3 Å². The van der Waals surface area contributed by atoms with E-state index in [0.717, 1.165) is 21.7 Å². The predicted octanol–water partition coefficient (Wildman–Crippen LogP) is 5.54. The van der Waals surface area contributed by atoms with Crippen molar-refractivity contribution >= 4 is 28.9 Å². The number of thiazole rings is 1. The van der Waals surface area contributed by atoms with Crippen molar-refractivity contribution in [1.29, 1.82) is 0 Å². The van der Waals surface area contributed by atoms with Crippen LogP contribution in [0.4, 0.5) is 11.6 Å². The molecule has 2 heterocycles. The lowest BCUT2D eigenvalue weighted by Crippen LogP contribution is -2.44. The number of benzene rings is 1. The summed E-state index contributed by atoms with van der Waals surface area (Å²) in [5.41, 5.74) is 1.19. The Labute approximate surface area is 209 Å². The first-order chi connectivity index (χ1) is 16.4. The van der Waals surface area contributed by atoms with E-state index >= 15 is 0 Å². The standard InChI is InChI=1S/C26H32N4O4S/c1-15(2)34-21-7-9-27-24(30-21)29-18-11-16(3)10-17(12-18)20-13-28-23(35-20)26(33)8-6-19(22(31)32)25(4,5)14-26/h7,9-13,15,19,33H,6,8,14H2,1-5H3,(H,31,32)(H,27,29,30)/t19-,26-/m1/s1. The zero-order valence-corrected chi connectivity index (χ0v) is 21.5. The molecule has 1 aromatic carbocycles. The number of ether oxygens (including phenoxy) is 1. The molecule has 0 aliphatic heterocycles. The minimum atomic E-state index is -1.13. The van der Waals surface area contributed by atoms with Crippen LogP contribution in [0.2, 0.25) is 0 Å². The smallest absolute Gasteiger partial charge is 0.307 e. The fourth-order valence-electron chi connectivity index (χ4n) is 4.84. The van der Waals surface area contributed by atoms with Gasteiger partial charge in [-0.05, 0) is 68.7 Å². The Hall–Kier alpha value is -3.04. The molecule has 0 spiro atoms. The molecular formula is C26H32N4O4S. The lowest BCUT2D eigenvalue weighted by atomic mass is 9.63. The van der Waals surface area contributed by atoms with Crippen LogP contribution in [0.1, 0.15) is 57.5 Å². The van der Waals surface area contributed by atoms with E-state index in [0.29, 0.717) is 36.1 Å². The van der Waals surface area contributed by atoms with Gasteiger partial charge in [0.05, 0.1) is 16.9 Å². The quantitative estimate of drug-likeness (QED) is 0.390. The molecule has 1 aliphatic rings. The third-order valence-corrected chi connectivity index (χ3v) is 7.58. The van der Waals surface area contributed by atoms with Crippen LogP contribution in [0.25, 0.3) is 10.4 Å². The highest BCUT2D eigenvalue weighted by atomic mass is 32.1. The van der Waals surface area contributed by atoms with Gasteiger partial charge in [0.1, 0.15) is 10.6 Å². The zero-order chi connectivity index (χ0) is 25.4. The number of nitrogens with one attached hydrogen (secondary N) is 1. The van der Waals surface area contributed by atoms with Gasteiger partial charge < -0.3 is 20.3 Å². The molecule has 3 N–H and O–H groups in total. The van der Waals surface area contributed by atoms with Crippen molar-refractivity contribution in [1.82, 2.24) is 15.0 Å². The third-order valence-electron chi connectivity index (χ3n) is 6.34. The van der Waals surface area contributed by atoms with Gasteiger partial charge in [0.25, 0.3) is 0 Å². The number of aliphatic hydroxyl groups is 1. The molecule has 2 atom stereocenters. The third kappa shape index (κ3) is 5.62. The van der Waals surface area contributed by atoms with E-state index in [4.69, 9.17) is 4.74 Å². The number of aryl methyl sites for hydroxylation is 1. The van der Waals surface area contributed by atoms with Crippen LogP contribution >= 0.6 is 11.3 Å². The number of hydrogen-bond donors (Lipinski definition) is 3. The summed E-state index contributed by atoms with van der Waals surface area (Å²) in [6.07, 6.45) is 4.61. The molecule has 0 unspecified atom stereocenters. The van der Waals surface area contributed by atoms with Crippen LogP contribution < -0.4 is 10.1 Å². The minimum absolute atomic E-state index is 0.0171. The minimum Gasteiger partial charge on any atom is -0.481 e. The normalized spacial score (nSPS) is 21.6. The summed E-state index contributed by atoms with van der Waals surface area (Å²) in [5.74, 6) is -0.330. The first-order valence-corrected chi connectivity index (χ1v) is 12.6. The van der Waals surface area contributed by atoms with Gasteiger partial charge in [0.15, 0.2) is 0 Å². The summed E-state index contributed by atoms with van der Waals surface area (Å²) >= 11 is 1.45. The van der Waals surface area contributed by atoms with E-state index in [1.807, 2.05) is 46.8 Å². The Balaban J connectivity index is 1.57. The van der Waals surface area contributed by atoms with E-state index in [9.17, 15) is 15.0 Å². The number of nitrogens with zero attached hydrogens (tertiary/aromatic N) is 3. The lowest BCUT2D eigenvalue weighted by Gasteiger charge is -2.44. The van der Waals surface area contributed by atoms with Crippen LogP contribution in [0.5, 0.6) is 5.88 Å². The van der Waals surface area contributed by atoms with E-state index in [1.54, 1.807) is 18.5 Å². The summed E-state index contributed by atoms with van der Waals surface area (Å²) in [6, 6.07) is 7.80. The van der Waals surface area contributed by atoms with Gasteiger partial charge in [-0.2, -0.15) is 4.98 Å². The molecule has 1 fully saturated rings. The molecule has 35 heavy (non-hydrogen) atoms. The van der Waals surface area contributed by atoms with Crippen molar-refractivity contribution in [2.45, 2.75) is 65.6 Å². The van der Waals surface area contributed by atoms with E-state index < -0.39 is 22.9 Å². The van der Waals surface area contributed by atoms with Crippen LogP contribution in [0.3, 0.4) is 0 Å². The summed E-state index contributed by atoms with van der Waals surface area (Å²) in [6.45, 7) is 9.72. The SMILES string of the molecule is Cc1cc(Nc2nccc(OC(C)C)n2)cc(-c2cnc([C@@]3(O)CC[C@H](C(=O)O)C(C)(C)C3)s2)c1.